The third kappa shape index (κ3) is 6.15. The van der Waals surface area contributed by atoms with Crippen molar-refractivity contribution in [1.82, 2.24) is 0 Å². The van der Waals surface area contributed by atoms with Crippen molar-refractivity contribution < 1.29 is 13.2 Å². The summed E-state index contributed by atoms with van der Waals surface area (Å²) in [6, 6.07) is 7.69. The molecule has 0 nitrogen and oxygen atoms in total. The Labute approximate surface area is 120 Å². The third-order valence-electron chi connectivity index (χ3n) is 2.26. The van der Waals surface area contributed by atoms with Gasteiger partial charge >= 0.3 is 5.51 Å². The molecule has 17 heavy (non-hydrogen) atoms. The number of rotatable bonds is 5. The summed E-state index contributed by atoms with van der Waals surface area (Å²) >= 11 is 6.73. The highest BCUT2D eigenvalue weighted by atomic mass is 79.9. The summed E-state index contributed by atoms with van der Waals surface area (Å²) in [5.74, 6) is 0.216. The molecule has 0 saturated heterocycles. The minimum Gasteiger partial charge on any atom is -0.160 e. The van der Waals surface area contributed by atoms with Crippen LogP contribution in [-0.4, -0.2) is 16.6 Å². The minimum absolute atomic E-state index is 0.0450. The highest BCUT2D eigenvalue weighted by Gasteiger charge is 2.28. The molecule has 1 unspecified atom stereocenters. The highest BCUT2D eigenvalue weighted by molar-refractivity contribution is 9.10. The molecule has 1 aromatic rings. The van der Waals surface area contributed by atoms with E-state index in [0.717, 1.165) is 10.0 Å². The summed E-state index contributed by atoms with van der Waals surface area (Å²) in [5, 5.41) is 0.674. The summed E-state index contributed by atoms with van der Waals surface area (Å²) in [6.45, 7) is 0. The van der Waals surface area contributed by atoms with Crippen LogP contribution in [0.1, 0.15) is 17.9 Å². The van der Waals surface area contributed by atoms with Gasteiger partial charge in [0.05, 0.1) is 0 Å². The van der Waals surface area contributed by atoms with E-state index in [4.69, 9.17) is 0 Å². The number of benzene rings is 1. The molecule has 0 saturated carbocycles. The molecule has 0 aliphatic heterocycles. The summed E-state index contributed by atoms with van der Waals surface area (Å²) in [7, 11) is 0. The predicted molar refractivity (Wildman–Crippen MR) is 73.8 cm³/mol. The van der Waals surface area contributed by atoms with Crippen LogP contribution in [0.15, 0.2) is 28.7 Å². The van der Waals surface area contributed by atoms with E-state index >= 15 is 0 Å². The Morgan fingerprint density at radius 1 is 1.18 bits per heavy atom. The summed E-state index contributed by atoms with van der Waals surface area (Å²) in [5.41, 5.74) is -3.07. The fraction of sp³-hybridized carbons (Fsp3) is 0.455. The Morgan fingerprint density at radius 3 is 2.24 bits per heavy atom. The van der Waals surface area contributed by atoms with Crippen LogP contribution in [-0.2, 0) is 0 Å². The Balaban J connectivity index is 2.51. The van der Waals surface area contributed by atoms with Gasteiger partial charge in [0.25, 0.3) is 0 Å². The van der Waals surface area contributed by atoms with Gasteiger partial charge in [-0.2, -0.15) is 13.2 Å². The average Bonchev–Trinajstić information content (AvgIpc) is 2.24. The molecule has 0 aromatic heterocycles. The van der Waals surface area contributed by atoms with Gasteiger partial charge in [0.15, 0.2) is 0 Å². The largest absolute Gasteiger partial charge is 0.441 e. The van der Waals surface area contributed by atoms with E-state index < -0.39 is 5.51 Å². The van der Waals surface area contributed by atoms with Gasteiger partial charge < -0.3 is 0 Å². The summed E-state index contributed by atoms with van der Waals surface area (Å²) < 4.78 is 37.0. The van der Waals surface area contributed by atoms with Crippen LogP contribution in [0.25, 0.3) is 0 Å². The molecule has 0 N–H and O–H groups in total. The molecule has 1 rings (SSSR count). The molecule has 0 radical (unpaired) electrons. The second kappa shape index (κ2) is 7.04. The molecular formula is C11H11Br2F3S. The van der Waals surface area contributed by atoms with E-state index in [-0.39, 0.29) is 23.4 Å². The maximum Gasteiger partial charge on any atom is 0.441 e. The first kappa shape index (κ1) is 15.4. The van der Waals surface area contributed by atoms with Gasteiger partial charge in [-0.05, 0) is 30.0 Å². The van der Waals surface area contributed by atoms with Crippen molar-refractivity contribution in [3.8, 4) is 0 Å². The van der Waals surface area contributed by atoms with Crippen molar-refractivity contribution >= 4 is 43.6 Å². The van der Waals surface area contributed by atoms with Crippen molar-refractivity contribution in [3.05, 3.63) is 34.3 Å². The highest BCUT2D eigenvalue weighted by Crippen LogP contribution is 2.33. The maximum absolute atomic E-state index is 12.0. The number of hydrogen-bond donors (Lipinski definition) is 0. The second-order valence-corrected chi connectivity index (χ2v) is 6.21. The van der Waals surface area contributed by atoms with Crippen molar-refractivity contribution in [2.24, 2.45) is 0 Å². The third-order valence-corrected chi connectivity index (χ3v) is 4.34. The van der Waals surface area contributed by atoms with E-state index in [1.165, 1.54) is 0 Å². The molecule has 0 aliphatic rings. The van der Waals surface area contributed by atoms with Crippen molar-refractivity contribution in [3.63, 3.8) is 0 Å². The molecule has 1 atom stereocenters. The first-order valence-corrected chi connectivity index (χ1v) is 7.84. The van der Waals surface area contributed by atoms with Gasteiger partial charge in [0.1, 0.15) is 0 Å². The van der Waals surface area contributed by atoms with Crippen LogP contribution in [0.3, 0.4) is 0 Å². The molecular weight excluding hydrogens is 381 g/mol. The van der Waals surface area contributed by atoms with E-state index in [1.807, 2.05) is 24.3 Å². The molecule has 0 bridgehead atoms. The molecule has 0 amide bonds. The number of hydrogen-bond acceptors (Lipinski definition) is 1. The van der Waals surface area contributed by atoms with Crippen LogP contribution in [0.4, 0.5) is 13.2 Å². The lowest BCUT2D eigenvalue weighted by Gasteiger charge is -2.15. The zero-order valence-corrected chi connectivity index (χ0v) is 12.8. The molecule has 6 heteroatoms. The molecule has 0 spiro atoms. The molecule has 1 aromatic carbocycles. The number of alkyl halides is 4. The van der Waals surface area contributed by atoms with Gasteiger partial charge in [-0.25, -0.2) is 0 Å². The fourth-order valence-electron chi connectivity index (χ4n) is 1.38. The lowest BCUT2D eigenvalue weighted by atomic mass is 9.99. The van der Waals surface area contributed by atoms with Crippen molar-refractivity contribution in [2.45, 2.75) is 17.8 Å². The van der Waals surface area contributed by atoms with Gasteiger partial charge in [-0.3, -0.25) is 0 Å². The lowest BCUT2D eigenvalue weighted by molar-refractivity contribution is -0.0328. The number of thioether (sulfide) groups is 1. The van der Waals surface area contributed by atoms with E-state index in [2.05, 4.69) is 31.9 Å². The first-order chi connectivity index (χ1) is 7.92. The molecule has 0 heterocycles. The zero-order valence-electron chi connectivity index (χ0n) is 8.81. The SMILES string of the molecule is FC(F)(F)SCCC(CBr)c1ccc(Br)cc1. The Bertz CT molecular complexity index is 338. The second-order valence-electron chi connectivity index (χ2n) is 3.49. The maximum atomic E-state index is 12.0. The first-order valence-electron chi connectivity index (χ1n) is 4.94. The minimum atomic E-state index is -4.13. The van der Waals surface area contributed by atoms with E-state index in [9.17, 15) is 13.2 Å². The standard InChI is InChI=1S/C11H11Br2F3S/c12-7-9(5-6-17-11(14,15)16)8-1-3-10(13)4-2-8/h1-4,9H,5-7H2. The van der Waals surface area contributed by atoms with Gasteiger partial charge in [0.2, 0.25) is 0 Å². The quantitative estimate of drug-likeness (QED) is 0.591. The van der Waals surface area contributed by atoms with Crippen LogP contribution in [0, 0.1) is 0 Å². The lowest BCUT2D eigenvalue weighted by Crippen LogP contribution is -2.06. The molecule has 0 aliphatic carbocycles. The van der Waals surface area contributed by atoms with E-state index in [0.29, 0.717) is 11.8 Å². The fourth-order valence-corrected chi connectivity index (χ4v) is 2.98. The predicted octanol–water partition coefficient (Wildman–Crippen LogP) is 5.57. The molecule has 96 valence electrons. The summed E-state index contributed by atoms with van der Waals surface area (Å²) in [6.07, 6.45) is 0.511. The van der Waals surface area contributed by atoms with Gasteiger partial charge in [-0.15, -0.1) is 0 Å². The zero-order chi connectivity index (χ0) is 12.9. The van der Waals surface area contributed by atoms with Crippen LogP contribution in [0.5, 0.6) is 0 Å². The van der Waals surface area contributed by atoms with Crippen LogP contribution in [0.2, 0.25) is 0 Å². The Morgan fingerprint density at radius 2 is 1.76 bits per heavy atom. The van der Waals surface area contributed by atoms with Crippen LogP contribution >= 0.6 is 43.6 Å². The Hall–Kier alpha value is 0.320. The van der Waals surface area contributed by atoms with Gasteiger partial charge in [-0.1, -0.05) is 55.8 Å². The average molecular weight is 392 g/mol. The normalized spacial score (nSPS) is 13.7. The summed E-state index contributed by atoms with van der Waals surface area (Å²) in [4.78, 5) is 0. The van der Waals surface area contributed by atoms with Gasteiger partial charge in [0, 0.05) is 15.6 Å². The monoisotopic (exact) mass is 390 g/mol. The van der Waals surface area contributed by atoms with E-state index in [1.54, 1.807) is 0 Å². The topological polar surface area (TPSA) is 0 Å². The molecule has 0 fully saturated rings. The number of halogens is 5. The van der Waals surface area contributed by atoms with Crippen molar-refractivity contribution in [2.75, 3.05) is 11.1 Å². The van der Waals surface area contributed by atoms with Crippen molar-refractivity contribution in [1.29, 1.82) is 0 Å². The smallest absolute Gasteiger partial charge is 0.160 e. The Kier molecular flexibility index (Phi) is 6.37. The van der Waals surface area contributed by atoms with Crippen LogP contribution < -0.4 is 0 Å².